The molecule has 0 bridgehead atoms. The molecule has 0 spiro atoms. The van der Waals surface area contributed by atoms with Gasteiger partial charge in [-0.05, 0) is 19.1 Å². The maximum Gasteiger partial charge on any atom is 0.330 e. The molecule has 0 aliphatic rings. The Labute approximate surface area is 72.6 Å². The zero-order valence-electron chi connectivity index (χ0n) is 6.69. The molecule has 0 atom stereocenters. The lowest BCUT2D eigenvalue weighted by atomic mass is 10.2. The fourth-order valence-electron chi connectivity index (χ4n) is 0.750. The van der Waals surface area contributed by atoms with E-state index in [4.69, 9.17) is 4.74 Å². The molecule has 1 rings (SSSR count). The highest BCUT2D eigenvalue weighted by Gasteiger charge is 1.91. The van der Waals surface area contributed by atoms with E-state index in [2.05, 4.69) is 4.52 Å². The van der Waals surface area contributed by atoms with Crippen molar-refractivity contribution in [2.24, 2.45) is 0 Å². The molecule has 0 unspecified atom stereocenters. The molecule has 0 N–H and O–H groups in total. The summed E-state index contributed by atoms with van der Waals surface area (Å²) in [5.41, 5.74) is 1.17. The lowest BCUT2D eigenvalue weighted by Crippen LogP contribution is -1.95. The normalized spacial score (nSPS) is 10.1. The van der Waals surface area contributed by atoms with Crippen molar-refractivity contribution in [2.75, 3.05) is 6.79 Å². The van der Waals surface area contributed by atoms with Crippen LogP contribution in [-0.2, 0) is 9.09 Å². The van der Waals surface area contributed by atoms with Gasteiger partial charge in [-0.3, -0.25) is 4.52 Å². The Bertz CT molecular complexity index is 245. The molecule has 1 aromatic carbocycles. The third-order valence-electron chi connectivity index (χ3n) is 1.35. The first-order valence-corrected chi connectivity index (χ1v) is 4.20. The van der Waals surface area contributed by atoms with Crippen LogP contribution in [0.4, 0.5) is 0 Å². The molecule has 0 radical (unpaired) electrons. The topological polar surface area (TPSA) is 35.5 Å². The molecule has 0 amide bonds. The van der Waals surface area contributed by atoms with E-state index < -0.39 is 0 Å². The summed E-state index contributed by atoms with van der Waals surface area (Å²) in [5, 5.41) is 0. The highest BCUT2D eigenvalue weighted by Crippen LogP contribution is 2.11. The number of hydrogen-bond acceptors (Lipinski definition) is 3. The van der Waals surface area contributed by atoms with Crippen molar-refractivity contribution < 1.29 is 13.8 Å². The fraction of sp³-hybridized carbons (Fsp3) is 0.250. The van der Waals surface area contributed by atoms with E-state index in [0.717, 1.165) is 0 Å². The highest BCUT2D eigenvalue weighted by atomic mass is 31.1. The van der Waals surface area contributed by atoms with E-state index in [1.165, 1.54) is 5.56 Å². The van der Waals surface area contributed by atoms with Gasteiger partial charge >= 0.3 is 8.69 Å². The standard InChI is InChI=1S/C8H9O3P/c1-7-2-4-8(5-3-7)10-6-11-12-9/h2-5H,6H2,1H3. The second-order valence-corrected chi connectivity index (χ2v) is 2.69. The van der Waals surface area contributed by atoms with E-state index in [1.807, 2.05) is 31.2 Å². The van der Waals surface area contributed by atoms with Crippen molar-refractivity contribution in [1.29, 1.82) is 0 Å². The van der Waals surface area contributed by atoms with Crippen LogP contribution >= 0.6 is 8.69 Å². The Balaban J connectivity index is 2.42. The van der Waals surface area contributed by atoms with Crippen molar-refractivity contribution in [3.05, 3.63) is 29.8 Å². The van der Waals surface area contributed by atoms with E-state index in [9.17, 15) is 4.57 Å². The molecule has 0 fully saturated rings. The largest absolute Gasteiger partial charge is 0.467 e. The molecule has 0 aliphatic heterocycles. The van der Waals surface area contributed by atoms with Crippen LogP contribution in [0.3, 0.4) is 0 Å². The van der Waals surface area contributed by atoms with Crippen LogP contribution in [0.5, 0.6) is 5.75 Å². The summed E-state index contributed by atoms with van der Waals surface area (Å²) in [6.07, 6.45) is 0. The van der Waals surface area contributed by atoms with Gasteiger partial charge in [0, 0.05) is 0 Å². The summed E-state index contributed by atoms with van der Waals surface area (Å²) < 4.78 is 19.4. The Morgan fingerprint density at radius 1 is 1.33 bits per heavy atom. The van der Waals surface area contributed by atoms with E-state index in [0.29, 0.717) is 5.75 Å². The minimum Gasteiger partial charge on any atom is -0.467 e. The summed E-state index contributed by atoms with van der Waals surface area (Å²) in [4.78, 5) is 0. The van der Waals surface area contributed by atoms with Crippen molar-refractivity contribution in [2.45, 2.75) is 6.92 Å². The Morgan fingerprint density at radius 2 is 2.00 bits per heavy atom. The van der Waals surface area contributed by atoms with Crippen LogP contribution in [-0.4, -0.2) is 6.79 Å². The van der Waals surface area contributed by atoms with Gasteiger partial charge < -0.3 is 4.74 Å². The lowest BCUT2D eigenvalue weighted by Gasteiger charge is -2.02. The molecular weight excluding hydrogens is 175 g/mol. The Morgan fingerprint density at radius 3 is 2.58 bits per heavy atom. The summed E-state index contributed by atoms with van der Waals surface area (Å²) in [5.74, 6) is 0.712. The van der Waals surface area contributed by atoms with Gasteiger partial charge in [-0.25, -0.2) is 4.57 Å². The average molecular weight is 184 g/mol. The van der Waals surface area contributed by atoms with E-state index in [1.54, 1.807) is 0 Å². The summed E-state index contributed by atoms with van der Waals surface area (Å²) >= 11 is 0. The number of ether oxygens (including phenoxy) is 1. The fourth-order valence-corrected chi connectivity index (χ4v) is 0.846. The molecule has 0 aromatic heterocycles. The number of hydrogen-bond donors (Lipinski definition) is 0. The number of aryl methyl sites for hydroxylation is 1. The first kappa shape index (κ1) is 9.17. The molecule has 0 saturated carbocycles. The van der Waals surface area contributed by atoms with E-state index in [-0.39, 0.29) is 15.5 Å². The van der Waals surface area contributed by atoms with Crippen LogP contribution < -0.4 is 4.74 Å². The van der Waals surface area contributed by atoms with Crippen molar-refractivity contribution in [3.63, 3.8) is 0 Å². The monoisotopic (exact) mass is 184 g/mol. The van der Waals surface area contributed by atoms with Gasteiger partial charge in [0.2, 0.25) is 6.79 Å². The second-order valence-electron chi connectivity index (χ2n) is 2.28. The third-order valence-corrected chi connectivity index (χ3v) is 1.56. The van der Waals surface area contributed by atoms with Gasteiger partial charge in [-0.1, -0.05) is 17.7 Å². The van der Waals surface area contributed by atoms with Crippen molar-refractivity contribution in [3.8, 4) is 5.75 Å². The number of rotatable bonds is 4. The van der Waals surface area contributed by atoms with Gasteiger partial charge in [-0.2, -0.15) is 0 Å². The van der Waals surface area contributed by atoms with Gasteiger partial charge in [-0.15, -0.1) is 0 Å². The SMILES string of the molecule is Cc1ccc(OCOP=O)cc1. The second kappa shape index (κ2) is 4.86. The third kappa shape index (κ3) is 2.99. The molecule has 12 heavy (non-hydrogen) atoms. The predicted octanol–water partition coefficient (Wildman–Crippen LogP) is 2.55. The zero-order valence-corrected chi connectivity index (χ0v) is 7.58. The molecule has 0 heterocycles. The molecule has 0 aliphatic carbocycles. The highest BCUT2D eigenvalue weighted by molar-refractivity contribution is 7.17. The summed E-state index contributed by atoms with van der Waals surface area (Å²) in [6, 6.07) is 7.54. The molecule has 1 aromatic rings. The van der Waals surface area contributed by atoms with Crippen LogP contribution in [0.2, 0.25) is 0 Å². The Kier molecular flexibility index (Phi) is 3.71. The first-order chi connectivity index (χ1) is 5.83. The molecule has 3 nitrogen and oxygen atoms in total. The molecule has 64 valence electrons. The zero-order chi connectivity index (χ0) is 8.81. The summed E-state index contributed by atoms with van der Waals surface area (Å²) in [6.45, 7) is 2.00. The quantitative estimate of drug-likeness (QED) is 0.409. The van der Waals surface area contributed by atoms with Crippen LogP contribution in [0.25, 0.3) is 0 Å². The van der Waals surface area contributed by atoms with Crippen LogP contribution in [0.1, 0.15) is 5.56 Å². The number of benzene rings is 1. The predicted molar refractivity (Wildman–Crippen MR) is 45.4 cm³/mol. The average Bonchev–Trinajstić information content (AvgIpc) is 2.09. The maximum atomic E-state index is 9.84. The van der Waals surface area contributed by atoms with Crippen molar-refractivity contribution >= 4 is 8.69 Å². The minimum absolute atomic E-state index is 0.00805. The molecule has 0 saturated heterocycles. The molecular formula is C8H9O3P. The van der Waals surface area contributed by atoms with E-state index >= 15 is 0 Å². The Hall–Kier alpha value is -0.920. The van der Waals surface area contributed by atoms with Gasteiger partial charge in [0.15, 0.2) is 0 Å². The van der Waals surface area contributed by atoms with Crippen molar-refractivity contribution in [1.82, 2.24) is 0 Å². The minimum atomic E-state index is -0.359. The van der Waals surface area contributed by atoms with Gasteiger partial charge in [0.1, 0.15) is 5.75 Å². The van der Waals surface area contributed by atoms with Gasteiger partial charge in [0.25, 0.3) is 0 Å². The lowest BCUT2D eigenvalue weighted by molar-refractivity contribution is 0.133. The maximum absolute atomic E-state index is 9.84. The van der Waals surface area contributed by atoms with Crippen LogP contribution in [0.15, 0.2) is 24.3 Å². The molecule has 4 heteroatoms. The van der Waals surface area contributed by atoms with Crippen LogP contribution in [0, 0.1) is 6.92 Å². The smallest absolute Gasteiger partial charge is 0.330 e. The van der Waals surface area contributed by atoms with Gasteiger partial charge in [0.05, 0.1) is 0 Å². The first-order valence-electron chi connectivity index (χ1n) is 3.47. The summed E-state index contributed by atoms with van der Waals surface area (Å²) in [7, 11) is -0.359.